The molecule has 2 aromatic carbocycles. The zero-order chi connectivity index (χ0) is 19.6. The largest absolute Gasteiger partial charge is 0.748 e. The third-order valence-corrected chi connectivity index (χ3v) is 10.4. The summed E-state index contributed by atoms with van der Waals surface area (Å²) in [6.07, 6.45) is 15.0. The molecule has 0 aliphatic heterocycles. The van der Waals surface area contributed by atoms with E-state index in [4.69, 9.17) is 0 Å². The van der Waals surface area contributed by atoms with Gasteiger partial charge in [0.05, 0.1) is 0 Å². The molecule has 0 saturated heterocycles. The summed E-state index contributed by atoms with van der Waals surface area (Å²) < 4.78 is 0. The zero-order valence-electron chi connectivity index (χ0n) is 18.5. The second-order valence-corrected chi connectivity index (χ2v) is 12.0. The van der Waals surface area contributed by atoms with E-state index in [1.807, 2.05) is 30.3 Å². The first-order valence-corrected chi connectivity index (χ1v) is 13.1. The second kappa shape index (κ2) is 13.8. The van der Waals surface area contributed by atoms with E-state index < -0.39 is 0 Å². The van der Waals surface area contributed by atoms with Gasteiger partial charge in [-0.2, -0.15) is 12.1 Å². The van der Waals surface area contributed by atoms with E-state index in [1.54, 1.807) is 5.56 Å². The minimum atomic E-state index is 0. The molecule has 168 valence electrons. The van der Waals surface area contributed by atoms with Gasteiger partial charge >= 0.3 is 0 Å². The van der Waals surface area contributed by atoms with Gasteiger partial charge in [0.15, 0.2) is 0 Å². The molecule has 0 radical (unpaired) electrons. The molecule has 0 heterocycles. The molecular formula is C26H40FeNP-6. The van der Waals surface area contributed by atoms with Crippen LogP contribution in [0.3, 0.4) is 0 Å². The van der Waals surface area contributed by atoms with Crippen molar-refractivity contribution in [3.8, 4) is 0 Å². The van der Waals surface area contributed by atoms with Crippen LogP contribution >= 0.6 is 7.92 Å². The fourth-order valence-corrected chi connectivity index (χ4v) is 9.78. The van der Waals surface area contributed by atoms with Crippen molar-refractivity contribution in [3.63, 3.8) is 0 Å². The van der Waals surface area contributed by atoms with Crippen LogP contribution in [0.5, 0.6) is 0 Å². The van der Waals surface area contributed by atoms with Crippen LogP contribution in [0.25, 0.3) is 0 Å². The van der Waals surface area contributed by atoms with Crippen molar-refractivity contribution < 1.29 is 17.1 Å². The normalized spacial score (nSPS) is 19.4. The van der Waals surface area contributed by atoms with E-state index in [9.17, 15) is 0 Å². The third-order valence-electron chi connectivity index (χ3n) is 6.52. The van der Waals surface area contributed by atoms with Crippen molar-refractivity contribution in [2.45, 2.75) is 81.2 Å². The first kappa shape index (κ1) is 24.9. The fourth-order valence-electron chi connectivity index (χ4n) is 5.21. The van der Waals surface area contributed by atoms with E-state index >= 15 is 0 Å². The summed E-state index contributed by atoms with van der Waals surface area (Å²) in [7, 11) is 4.65. The van der Waals surface area contributed by atoms with Crippen molar-refractivity contribution >= 4 is 7.92 Å². The van der Waals surface area contributed by atoms with Gasteiger partial charge in [0, 0.05) is 17.1 Å². The maximum atomic E-state index is 2.44. The maximum absolute atomic E-state index is 2.44. The van der Waals surface area contributed by atoms with Crippen molar-refractivity contribution in [2.75, 3.05) is 20.6 Å². The van der Waals surface area contributed by atoms with Gasteiger partial charge < -0.3 is 35.2 Å². The molecule has 2 aromatic rings. The second-order valence-electron chi connectivity index (χ2n) is 8.99. The predicted molar refractivity (Wildman–Crippen MR) is 126 cm³/mol. The van der Waals surface area contributed by atoms with E-state index in [-0.39, 0.29) is 25.0 Å². The number of hydrogen-bond acceptors (Lipinski definition) is 1. The third kappa shape index (κ3) is 7.99. The molecule has 29 heavy (non-hydrogen) atoms. The van der Waals surface area contributed by atoms with E-state index in [1.165, 1.54) is 70.8 Å². The van der Waals surface area contributed by atoms with Crippen LogP contribution in [0.15, 0.2) is 54.6 Å². The fraction of sp³-hybridized carbons (Fsp3) is 0.615. The van der Waals surface area contributed by atoms with Crippen molar-refractivity contribution in [1.82, 2.24) is 4.90 Å². The van der Waals surface area contributed by atoms with E-state index in [0.29, 0.717) is 0 Å². The Morgan fingerprint density at radius 3 is 1.59 bits per heavy atom. The average Bonchev–Trinajstić information content (AvgIpc) is 3.46. The van der Waals surface area contributed by atoms with Crippen molar-refractivity contribution in [3.05, 3.63) is 60.2 Å². The SMILES string of the molecule is CN(C)CC([c-]1cccc1)P(C1CCCCC1)C1CCCCC1.[Fe].[cH-]1[cH-][cH-][cH-][cH-]1. The predicted octanol–water partition coefficient (Wildman–Crippen LogP) is 7.56. The van der Waals surface area contributed by atoms with Crippen LogP contribution < -0.4 is 0 Å². The van der Waals surface area contributed by atoms with E-state index in [2.05, 4.69) is 43.3 Å². The number of likely N-dealkylation sites (N-methyl/N-ethyl adjacent to an activating group) is 1. The molecule has 2 aliphatic rings. The molecule has 2 aliphatic carbocycles. The molecule has 0 amide bonds. The van der Waals surface area contributed by atoms with Crippen LogP contribution in [-0.4, -0.2) is 36.9 Å². The zero-order valence-corrected chi connectivity index (χ0v) is 20.5. The Hall–Kier alpha value is -0.391. The molecule has 3 heteroatoms. The summed E-state index contributed by atoms with van der Waals surface area (Å²) in [6, 6.07) is 19.3. The van der Waals surface area contributed by atoms with Gasteiger partial charge in [-0.05, 0) is 63.3 Å². The summed E-state index contributed by atoms with van der Waals surface area (Å²) in [4.78, 5) is 2.44. The van der Waals surface area contributed by atoms with Crippen molar-refractivity contribution in [2.24, 2.45) is 0 Å². The Morgan fingerprint density at radius 2 is 1.21 bits per heavy atom. The molecule has 4 rings (SSSR count). The Labute approximate surface area is 191 Å². The van der Waals surface area contributed by atoms with Gasteiger partial charge in [-0.25, -0.2) is 12.1 Å². The molecule has 0 bridgehead atoms. The molecular weight excluding hydrogens is 413 g/mol. The summed E-state index contributed by atoms with van der Waals surface area (Å²) in [5.74, 6) is 0. The summed E-state index contributed by atoms with van der Waals surface area (Å²) >= 11 is 0. The molecule has 2 saturated carbocycles. The van der Waals surface area contributed by atoms with Crippen LogP contribution in [0.1, 0.15) is 75.4 Å². The molecule has 0 aromatic heterocycles. The van der Waals surface area contributed by atoms with E-state index in [0.717, 1.165) is 17.0 Å². The minimum absolute atomic E-state index is 0. The molecule has 1 nitrogen and oxygen atoms in total. The molecule has 1 unspecified atom stereocenters. The quantitative estimate of drug-likeness (QED) is 0.248. The van der Waals surface area contributed by atoms with Gasteiger partial charge in [0.1, 0.15) is 0 Å². The van der Waals surface area contributed by atoms with Crippen LogP contribution in [0.4, 0.5) is 0 Å². The summed E-state index contributed by atoms with van der Waals surface area (Å²) in [5.41, 5.74) is 4.53. The molecule has 0 N–H and O–H groups in total. The van der Waals surface area contributed by atoms with Gasteiger partial charge in [-0.1, -0.05) is 38.5 Å². The number of rotatable bonds is 6. The average molecular weight is 453 g/mol. The Bertz CT molecular complexity index is 559. The summed E-state index contributed by atoms with van der Waals surface area (Å²) in [5, 5.41) is 0. The van der Waals surface area contributed by atoms with Gasteiger partial charge in [0.25, 0.3) is 0 Å². The maximum Gasteiger partial charge on any atom is 0 e. The summed E-state index contributed by atoms with van der Waals surface area (Å²) in [6.45, 7) is 1.25. The molecule has 1 atom stereocenters. The minimum Gasteiger partial charge on any atom is -0.748 e. The number of nitrogens with zero attached hydrogens (tertiary/aromatic N) is 1. The van der Waals surface area contributed by atoms with Gasteiger partial charge in [-0.15, -0.1) is 13.5 Å². The molecule has 2 fully saturated rings. The molecule has 0 spiro atoms. The Balaban J connectivity index is 0.000000437. The Kier molecular flexibility index (Phi) is 11.9. The first-order chi connectivity index (χ1) is 13.8. The standard InChI is InChI=1S/C21H35NP.C5H5.Fe/c1-22(2)17-21(18-11-9-10-12-18)23(19-13-5-3-6-14-19)20-15-7-4-8-16-20;1-2-4-5-3-1;/h9-12,19-21H,3-8,13-17H2,1-2H3;1-5H;/q-1;-5;. The Morgan fingerprint density at radius 1 is 0.793 bits per heavy atom. The van der Waals surface area contributed by atoms with Gasteiger partial charge in [0.2, 0.25) is 0 Å². The van der Waals surface area contributed by atoms with Crippen LogP contribution in [-0.2, 0) is 17.1 Å². The van der Waals surface area contributed by atoms with Gasteiger partial charge in [-0.3, -0.25) is 0 Å². The van der Waals surface area contributed by atoms with Crippen molar-refractivity contribution in [1.29, 1.82) is 0 Å². The van der Waals surface area contributed by atoms with Crippen LogP contribution in [0, 0.1) is 0 Å². The first-order valence-electron chi connectivity index (χ1n) is 11.6. The monoisotopic (exact) mass is 453 g/mol. The van der Waals surface area contributed by atoms with Crippen LogP contribution in [0.2, 0.25) is 0 Å². The smallest absolute Gasteiger partial charge is 0 e. The number of hydrogen-bond donors (Lipinski definition) is 0. The topological polar surface area (TPSA) is 3.24 Å².